The quantitative estimate of drug-likeness (QED) is 0.299. The summed E-state index contributed by atoms with van der Waals surface area (Å²) in [7, 11) is 0. The number of nitrogens with one attached hydrogen (secondary N) is 4. The molecule has 14 nitrogen and oxygen atoms in total. The number of rotatable bonds is 5. The number of aromatic nitrogens is 2. The summed E-state index contributed by atoms with van der Waals surface area (Å²) >= 11 is 2.52. The van der Waals surface area contributed by atoms with Crippen LogP contribution in [-0.4, -0.2) is 81.8 Å². The monoisotopic (exact) mass is 762 g/mol. The highest BCUT2D eigenvalue weighted by molar-refractivity contribution is 7.10. The van der Waals surface area contributed by atoms with E-state index in [-0.39, 0.29) is 46.8 Å². The summed E-state index contributed by atoms with van der Waals surface area (Å²) in [5.41, 5.74) is 1.34. The van der Waals surface area contributed by atoms with E-state index in [4.69, 9.17) is 19.5 Å². The maximum Gasteiger partial charge on any atom is 0.271 e. The van der Waals surface area contributed by atoms with E-state index in [2.05, 4.69) is 31.2 Å². The first-order valence-electron chi connectivity index (χ1n) is 18.0. The average molecular weight is 763 g/mol. The molecule has 0 aliphatic carbocycles. The summed E-state index contributed by atoms with van der Waals surface area (Å²) in [5, 5.41) is 16.5. The van der Waals surface area contributed by atoms with E-state index < -0.39 is 60.3 Å². The lowest BCUT2D eigenvalue weighted by atomic mass is 9.98. The first-order valence-corrected chi connectivity index (χ1v) is 19.7. The van der Waals surface area contributed by atoms with Crippen LogP contribution < -0.4 is 21.3 Å². The summed E-state index contributed by atoms with van der Waals surface area (Å²) in [6, 6.07) is 5.59. The molecule has 4 amide bonds. The number of aliphatic imine (C=N–C) groups is 2. The van der Waals surface area contributed by atoms with Gasteiger partial charge in [0.05, 0.1) is 12.1 Å². The highest BCUT2D eigenvalue weighted by Gasteiger charge is 2.41. The third-order valence-corrected chi connectivity index (χ3v) is 11.7. The molecule has 6 rings (SSSR count). The van der Waals surface area contributed by atoms with Crippen molar-refractivity contribution >= 4 is 58.1 Å². The molecule has 3 unspecified atom stereocenters. The van der Waals surface area contributed by atoms with Gasteiger partial charge in [-0.1, -0.05) is 64.4 Å². The Balaban J connectivity index is 1.37. The SMILES string of the molecule is CCC(C)[C@@H]1NC(=O)c2csc(n2)[C@@H](C)NC(=O)C2N=C(O[C@@H]2C)[C@H](C(C)C)NC(=O)c2csc(n2)[C@@H](Cc2ccccc2)NC(=O)C2N=C1O[C@@H]2C. The van der Waals surface area contributed by atoms with Gasteiger partial charge in [0, 0.05) is 10.8 Å². The van der Waals surface area contributed by atoms with Crippen LogP contribution in [0.2, 0.25) is 0 Å². The standard InChI is InChI=1S/C37H46N8O6S2/c1-8-18(4)27-35-45-29(21(7)51-35)33(49)39-23(14-22-12-10-9-11-13-22)37-41-25(16-53-37)30(46)42-26(17(2)3)34-44-28(20(6)50-34)32(48)38-19(5)36-40-24(15-52-36)31(47)43-27/h9-13,15-21,23,26-29H,8,14H2,1-7H3,(H,38,48)(H,39,49)(H,42,46)(H,43,47)/t18?,19-,20-,21-,23-,26+,27+,28?,29?/m1/s1. The Morgan fingerprint density at radius 2 is 1.25 bits per heavy atom. The van der Waals surface area contributed by atoms with Crippen LogP contribution in [0.5, 0.6) is 0 Å². The molecule has 3 aliphatic rings. The van der Waals surface area contributed by atoms with E-state index in [0.29, 0.717) is 22.9 Å². The lowest BCUT2D eigenvalue weighted by Gasteiger charge is -2.24. The van der Waals surface area contributed by atoms with Crippen molar-refractivity contribution in [2.75, 3.05) is 0 Å². The molecule has 282 valence electrons. The number of fused-ring (bicyclic) bond motifs is 6. The van der Waals surface area contributed by atoms with Crippen molar-refractivity contribution in [2.24, 2.45) is 21.8 Å². The third-order valence-electron chi connectivity index (χ3n) is 9.69. The van der Waals surface area contributed by atoms with Gasteiger partial charge in [-0.05, 0) is 44.6 Å². The van der Waals surface area contributed by atoms with Crippen LogP contribution >= 0.6 is 22.7 Å². The van der Waals surface area contributed by atoms with Crippen molar-refractivity contribution < 1.29 is 28.7 Å². The summed E-state index contributed by atoms with van der Waals surface area (Å²) in [4.78, 5) is 73.3. The molecule has 0 saturated carbocycles. The fourth-order valence-corrected chi connectivity index (χ4v) is 8.00. The Labute approximate surface area is 316 Å². The van der Waals surface area contributed by atoms with Gasteiger partial charge in [-0.3, -0.25) is 19.2 Å². The molecular formula is C37H46N8O6S2. The van der Waals surface area contributed by atoms with Crippen LogP contribution in [0.25, 0.3) is 0 Å². The van der Waals surface area contributed by atoms with Crippen LogP contribution in [0.4, 0.5) is 0 Å². The van der Waals surface area contributed by atoms with Gasteiger partial charge in [0.15, 0.2) is 12.1 Å². The van der Waals surface area contributed by atoms with E-state index in [1.54, 1.807) is 31.5 Å². The molecule has 53 heavy (non-hydrogen) atoms. The number of carbonyl (C=O) groups is 4. The van der Waals surface area contributed by atoms with Gasteiger partial charge < -0.3 is 30.7 Å². The fourth-order valence-electron chi connectivity index (χ4n) is 6.34. The Kier molecular flexibility index (Phi) is 11.6. The summed E-state index contributed by atoms with van der Waals surface area (Å²) in [6.07, 6.45) is -0.0741. The Bertz CT molecular complexity index is 1890. The Morgan fingerprint density at radius 3 is 1.83 bits per heavy atom. The van der Waals surface area contributed by atoms with Gasteiger partial charge in [-0.2, -0.15) is 0 Å². The zero-order valence-electron chi connectivity index (χ0n) is 30.8. The maximum atomic E-state index is 14.0. The molecule has 3 aromatic rings. The molecule has 9 atom stereocenters. The van der Waals surface area contributed by atoms with E-state index in [9.17, 15) is 19.2 Å². The van der Waals surface area contributed by atoms with Gasteiger partial charge in [-0.15, -0.1) is 22.7 Å². The first-order chi connectivity index (χ1) is 25.3. The Morgan fingerprint density at radius 1 is 0.717 bits per heavy atom. The molecule has 0 saturated heterocycles. The van der Waals surface area contributed by atoms with E-state index in [0.717, 1.165) is 5.56 Å². The number of amides is 4. The molecule has 8 bridgehead atoms. The molecule has 2 aromatic heterocycles. The van der Waals surface area contributed by atoms with Crippen molar-refractivity contribution in [3.05, 3.63) is 68.1 Å². The Hall–Kier alpha value is -4.70. The number of benzene rings is 1. The van der Waals surface area contributed by atoms with Gasteiger partial charge >= 0.3 is 0 Å². The lowest BCUT2D eigenvalue weighted by molar-refractivity contribution is -0.125. The van der Waals surface area contributed by atoms with Gasteiger partial charge in [0.1, 0.15) is 45.7 Å². The van der Waals surface area contributed by atoms with Crippen LogP contribution in [0.1, 0.15) is 104 Å². The molecule has 1 aromatic carbocycles. The minimum absolute atomic E-state index is 0.0799. The van der Waals surface area contributed by atoms with Crippen molar-refractivity contribution in [1.29, 1.82) is 0 Å². The van der Waals surface area contributed by atoms with Gasteiger partial charge in [0.2, 0.25) is 23.6 Å². The average Bonchev–Trinajstić information content (AvgIpc) is 3.95. The van der Waals surface area contributed by atoms with Gasteiger partial charge in [-0.25, -0.2) is 20.0 Å². The van der Waals surface area contributed by atoms with Crippen molar-refractivity contribution in [3.8, 4) is 0 Å². The van der Waals surface area contributed by atoms with E-state index in [1.807, 2.05) is 58.0 Å². The smallest absolute Gasteiger partial charge is 0.271 e. The lowest BCUT2D eigenvalue weighted by Crippen LogP contribution is -2.45. The summed E-state index contributed by atoms with van der Waals surface area (Å²) < 4.78 is 12.2. The molecule has 4 N–H and O–H groups in total. The van der Waals surface area contributed by atoms with Crippen LogP contribution in [-0.2, 0) is 25.5 Å². The molecule has 0 fully saturated rings. The third kappa shape index (κ3) is 8.43. The minimum Gasteiger partial charge on any atom is -0.474 e. The normalized spacial score (nSPS) is 28.7. The molecule has 0 radical (unpaired) electrons. The summed E-state index contributed by atoms with van der Waals surface area (Å²) in [5.74, 6) is -1.27. The zero-order valence-corrected chi connectivity index (χ0v) is 32.4. The number of hydrogen-bond acceptors (Lipinski definition) is 12. The molecule has 16 heteroatoms. The van der Waals surface area contributed by atoms with Crippen molar-refractivity contribution in [3.63, 3.8) is 0 Å². The topological polar surface area (TPSA) is 185 Å². The van der Waals surface area contributed by atoms with Crippen LogP contribution in [0, 0.1) is 11.8 Å². The minimum atomic E-state index is -0.888. The predicted octanol–water partition coefficient (Wildman–Crippen LogP) is 4.16. The number of nitrogens with zero attached hydrogens (tertiary/aromatic N) is 4. The summed E-state index contributed by atoms with van der Waals surface area (Å²) in [6.45, 7) is 13.1. The first kappa shape index (κ1) is 38.0. The molecule has 3 aliphatic heterocycles. The number of hydrogen-bond donors (Lipinski definition) is 4. The van der Waals surface area contributed by atoms with Crippen molar-refractivity contribution in [2.45, 2.75) is 110 Å². The number of thiazole rings is 2. The predicted molar refractivity (Wildman–Crippen MR) is 202 cm³/mol. The highest BCUT2D eigenvalue weighted by atomic mass is 32.1. The van der Waals surface area contributed by atoms with Gasteiger partial charge in [0.25, 0.3) is 11.8 Å². The second-order valence-corrected chi connectivity index (χ2v) is 15.9. The second kappa shape index (κ2) is 16.1. The molecule has 0 spiro atoms. The van der Waals surface area contributed by atoms with Crippen LogP contribution in [0.3, 0.4) is 0 Å². The largest absolute Gasteiger partial charge is 0.474 e. The van der Waals surface area contributed by atoms with E-state index >= 15 is 0 Å². The highest BCUT2D eigenvalue weighted by Crippen LogP contribution is 2.27. The van der Waals surface area contributed by atoms with Crippen LogP contribution in [0.15, 0.2) is 51.1 Å². The maximum absolute atomic E-state index is 14.0. The zero-order chi connectivity index (χ0) is 38.0. The van der Waals surface area contributed by atoms with Crippen molar-refractivity contribution in [1.82, 2.24) is 31.2 Å². The molecular weight excluding hydrogens is 717 g/mol. The molecule has 5 heterocycles. The number of ether oxygens (including phenoxy) is 2. The van der Waals surface area contributed by atoms with E-state index in [1.165, 1.54) is 22.7 Å². The second-order valence-electron chi connectivity index (χ2n) is 14.1. The number of carbonyl (C=O) groups excluding carboxylic acids is 4. The fraction of sp³-hybridized carbons (Fsp3) is 0.514.